The van der Waals surface area contributed by atoms with Gasteiger partial charge in [-0.2, -0.15) is 5.10 Å². The third-order valence-corrected chi connectivity index (χ3v) is 5.50. The zero-order chi connectivity index (χ0) is 16.6. The molecule has 0 saturated carbocycles. The molecule has 124 valence electrons. The molecule has 1 amide bonds. The zero-order valence-corrected chi connectivity index (χ0v) is 15.0. The second-order valence-corrected chi connectivity index (χ2v) is 7.97. The summed E-state index contributed by atoms with van der Waals surface area (Å²) in [5.74, 6) is 0.668. The number of carbonyl (C=O) groups is 1. The average molecular weight is 332 g/mol. The highest BCUT2D eigenvalue weighted by Gasteiger charge is 2.27. The first kappa shape index (κ1) is 16.2. The van der Waals surface area contributed by atoms with E-state index < -0.39 is 0 Å². The van der Waals surface area contributed by atoms with Crippen LogP contribution >= 0.6 is 11.3 Å². The fourth-order valence-electron chi connectivity index (χ4n) is 3.16. The number of aryl methyl sites for hydroxylation is 2. The van der Waals surface area contributed by atoms with Gasteiger partial charge in [-0.25, -0.2) is 4.98 Å². The number of hydrogen-bond donors (Lipinski definition) is 1. The summed E-state index contributed by atoms with van der Waals surface area (Å²) >= 11 is 1.80. The number of fused-ring (bicyclic) bond motifs is 1. The number of nitrogens with zero attached hydrogens (tertiary/aromatic N) is 3. The minimum atomic E-state index is -0.0211. The van der Waals surface area contributed by atoms with E-state index in [2.05, 4.69) is 31.0 Å². The Bertz CT molecular complexity index is 703. The number of carbonyl (C=O) groups excluding carboxylic acids is 1. The first-order valence-corrected chi connectivity index (χ1v) is 9.04. The van der Waals surface area contributed by atoms with E-state index in [1.807, 2.05) is 13.1 Å². The molecule has 0 saturated heterocycles. The second-order valence-electron chi connectivity index (χ2n) is 6.68. The summed E-state index contributed by atoms with van der Waals surface area (Å²) in [5, 5.41) is 8.25. The van der Waals surface area contributed by atoms with E-state index in [-0.39, 0.29) is 5.91 Å². The summed E-state index contributed by atoms with van der Waals surface area (Å²) in [4.78, 5) is 20.5. The van der Waals surface area contributed by atoms with Crippen LogP contribution in [-0.2, 0) is 6.42 Å². The molecule has 2 aromatic heterocycles. The van der Waals surface area contributed by atoms with Gasteiger partial charge in [0.15, 0.2) is 0 Å². The highest BCUT2D eigenvalue weighted by atomic mass is 32.1. The Morgan fingerprint density at radius 2 is 2.30 bits per heavy atom. The lowest BCUT2D eigenvalue weighted by molar-refractivity contribution is 0.0777. The fraction of sp³-hybridized carbons (Fsp3) is 0.588. The van der Waals surface area contributed by atoms with E-state index in [0.717, 1.165) is 23.5 Å². The van der Waals surface area contributed by atoms with Crippen molar-refractivity contribution in [3.8, 4) is 0 Å². The molecule has 2 heterocycles. The van der Waals surface area contributed by atoms with Crippen molar-refractivity contribution in [1.82, 2.24) is 20.1 Å². The molecule has 0 radical (unpaired) electrons. The second kappa shape index (κ2) is 6.43. The van der Waals surface area contributed by atoms with Crippen LogP contribution in [0.4, 0.5) is 0 Å². The maximum Gasteiger partial charge on any atom is 0.274 e. The van der Waals surface area contributed by atoms with Crippen LogP contribution < -0.4 is 0 Å². The molecule has 0 fully saturated rings. The van der Waals surface area contributed by atoms with Gasteiger partial charge in [-0.15, -0.1) is 11.3 Å². The molecule has 3 rings (SSSR count). The molecule has 6 heteroatoms. The molecule has 5 nitrogen and oxygen atoms in total. The molecule has 2 aromatic rings. The van der Waals surface area contributed by atoms with Crippen molar-refractivity contribution in [2.45, 2.75) is 51.9 Å². The summed E-state index contributed by atoms with van der Waals surface area (Å²) < 4.78 is 0. The van der Waals surface area contributed by atoms with E-state index >= 15 is 0 Å². The standard InChI is InChI=1S/C17H24N4OS/c1-10(2)13-8-14(20-19-13)17(22)21(4)9-12-6-5-7-15-16(12)18-11(3)23-15/h8,10,12H,5-7,9H2,1-4H3,(H,19,20)/t12-/m0/s1. The SMILES string of the molecule is Cc1nc2c(s1)CCC[C@H]2CN(C)C(=O)c1cc(C(C)C)[nH]n1. The number of hydrogen-bond acceptors (Lipinski definition) is 4. The molecule has 1 N–H and O–H groups in total. The van der Waals surface area contributed by atoms with Gasteiger partial charge >= 0.3 is 0 Å². The van der Waals surface area contributed by atoms with Gasteiger partial charge in [-0.05, 0) is 38.2 Å². The Morgan fingerprint density at radius 3 is 3.00 bits per heavy atom. The number of rotatable bonds is 4. The highest BCUT2D eigenvalue weighted by Crippen LogP contribution is 2.35. The van der Waals surface area contributed by atoms with Crippen LogP contribution in [0.25, 0.3) is 0 Å². The van der Waals surface area contributed by atoms with E-state index in [4.69, 9.17) is 4.98 Å². The van der Waals surface area contributed by atoms with Crippen molar-refractivity contribution in [1.29, 1.82) is 0 Å². The molecule has 0 unspecified atom stereocenters. The van der Waals surface area contributed by atoms with Crippen LogP contribution in [0.2, 0.25) is 0 Å². The Balaban J connectivity index is 1.71. The number of thiazole rings is 1. The topological polar surface area (TPSA) is 61.9 Å². The third-order valence-electron chi connectivity index (χ3n) is 4.46. The van der Waals surface area contributed by atoms with Crippen molar-refractivity contribution in [2.24, 2.45) is 0 Å². The molecule has 0 spiro atoms. The zero-order valence-electron chi connectivity index (χ0n) is 14.2. The number of aromatic nitrogens is 3. The van der Waals surface area contributed by atoms with Gasteiger partial charge in [-0.1, -0.05) is 13.8 Å². The summed E-state index contributed by atoms with van der Waals surface area (Å²) in [6.45, 7) is 6.93. The van der Waals surface area contributed by atoms with Crippen molar-refractivity contribution in [2.75, 3.05) is 13.6 Å². The summed E-state index contributed by atoms with van der Waals surface area (Å²) in [5.41, 5.74) is 2.71. The maximum atomic E-state index is 12.6. The lowest BCUT2D eigenvalue weighted by Gasteiger charge is -2.26. The van der Waals surface area contributed by atoms with Crippen molar-refractivity contribution in [3.05, 3.63) is 33.0 Å². The van der Waals surface area contributed by atoms with Crippen molar-refractivity contribution in [3.63, 3.8) is 0 Å². The van der Waals surface area contributed by atoms with Crippen LogP contribution in [0, 0.1) is 6.92 Å². The van der Waals surface area contributed by atoms with E-state index in [1.165, 1.54) is 17.0 Å². The van der Waals surface area contributed by atoms with E-state index in [1.54, 1.807) is 16.2 Å². The number of H-pyrrole nitrogens is 1. The number of likely N-dealkylation sites (N-methyl/N-ethyl adjacent to an activating group) is 1. The Morgan fingerprint density at radius 1 is 1.52 bits per heavy atom. The molecule has 1 aliphatic rings. The van der Waals surface area contributed by atoms with Crippen LogP contribution in [0.15, 0.2) is 6.07 Å². The van der Waals surface area contributed by atoms with Gasteiger partial charge in [0.25, 0.3) is 5.91 Å². The number of nitrogens with one attached hydrogen (secondary N) is 1. The maximum absolute atomic E-state index is 12.6. The molecule has 0 aliphatic heterocycles. The van der Waals surface area contributed by atoms with Crippen LogP contribution in [0.5, 0.6) is 0 Å². The largest absolute Gasteiger partial charge is 0.340 e. The summed E-state index contributed by atoms with van der Waals surface area (Å²) in [6, 6.07) is 1.86. The first-order chi connectivity index (χ1) is 11.0. The molecular formula is C17H24N4OS. The third kappa shape index (κ3) is 3.32. The summed E-state index contributed by atoms with van der Waals surface area (Å²) in [6.07, 6.45) is 3.42. The molecular weight excluding hydrogens is 308 g/mol. The molecule has 1 atom stereocenters. The lowest BCUT2D eigenvalue weighted by atomic mass is 9.90. The quantitative estimate of drug-likeness (QED) is 0.932. The van der Waals surface area contributed by atoms with E-state index in [9.17, 15) is 4.79 Å². The predicted octanol–water partition coefficient (Wildman–Crippen LogP) is 3.49. The van der Waals surface area contributed by atoms with Gasteiger partial charge in [-0.3, -0.25) is 9.89 Å². The Labute approximate surface area is 141 Å². The molecule has 0 aromatic carbocycles. The van der Waals surface area contributed by atoms with Gasteiger partial charge < -0.3 is 4.90 Å². The predicted molar refractivity (Wildman–Crippen MR) is 92.2 cm³/mol. The normalized spacial score (nSPS) is 17.3. The van der Waals surface area contributed by atoms with Crippen molar-refractivity contribution < 1.29 is 4.79 Å². The minimum absolute atomic E-state index is 0.0211. The fourth-order valence-corrected chi connectivity index (χ4v) is 4.22. The first-order valence-electron chi connectivity index (χ1n) is 8.22. The Kier molecular flexibility index (Phi) is 4.53. The monoisotopic (exact) mass is 332 g/mol. The summed E-state index contributed by atoms with van der Waals surface area (Å²) in [7, 11) is 1.86. The number of aromatic amines is 1. The minimum Gasteiger partial charge on any atom is -0.340 e. The van der Waals surface area contributed by atoms with Gasteiger partial charge in [0, 0.05) is 30.1 Å². The molecule has 0 bridgehead atoms. The van der Waals surface area contributed by atoms with Gasteiger partial charge in [0.2, 0.25) is 0 Å². The molecule has 23 heavy (non-hydrogen) atoms. The van der Waals surface area contributed by atoms with Crippen LogP contribution in [0.3, 0.4) is 0 Å². The van der Waals surface area contributed by atoms with Gasteiger partial charge in [0.05, 0.1) is 10.7 Å². The average Bonchev–Trinajstić information content (AvgIpc) is 3.12. The number of amides is 1. The highest BCUT2D eigenvalue weighted by molar-refractivity contribution is 7.11. The van der Waals surface area contributed by atoms with Crippen LogP contribution in [0.1, 0.15) is 70.3 Å². The van der Waals surface area contributed by atoms with E-state index in [0.29, 0.717) is 24.1 Å². The smallest absolute Gasteiger partial charge is 0.274 e. The van der Waals surface area contributed by atoms with Crippen molar-refractivity contribution >= 4 is 17.2 Å². The Hall–Kier alpha value is -1.69. The molecule has 1 aliphatic carbocycles. The van der Waals surface area contributed by atoms with Crippen LogP contribution in [-0.4, -0.2) is 39.6 Å². The lowest BCUT2D eigenvalue weighted by Crippen LogP contribution is -2.32. The van der Waals surface area contributed by atoms with Gasteiger partial charge in [0.1, 0.15) is 5.69 Å².